The minimum absolute atomic E-state index is 0.119. The summed E-state index contributed by atoms with van der Waals surface area (Å²) in [4.78, 5) is 37.7. The zero-order valence-corrected chi connectivity index (χ0v) is 9.15. The second-order valence-corrected chi connectivity index (χ2v) is 3.08. The molecule has 0 spiro atoms. The SMILES string of the molecule is CN(C)C(=O)CCNC(=O)NOCC(=O)O. The average molecular weight is 233 g/mol. The van der Waals surface area contributed by atoms with E-state index in [9.17, 15) is 14.4 Å². The largest absolute Gasteiger partial charge is 0.479 e. The summed E-state index contributed by atoms with van der Waals surface area (Å²) >= 11 is 0. The number of carboxylic acids is 1. The molecule has 0 atom stereocenters. The highest BCUT2D eigenvalue weighted by molar-refractivity contribution is 5.77. The summed E-state index contributed by atoms with van der Waals surface area (Å²) < 4.78 is 0. The topological polar surface area (TPSA) is 108 Å². The number of amides is 3. The highest BCUT2D eigenvalue weighted by Gasteiger charge is 2.05. The summed E-state index contributed by atoms with van der Waals surface area (Å²) in [6.07, 6.45) is 0.166. The Bertz CT molecular complexity index is 266. The van der Waals surface area contributed by atoms with E-state index in [1.165, 1.54) is 4.90 Å². The molecule has 0 unspecified atom stereocenters. The van der Waals surface area contributed by atoms with Gasteiger partial charge < -0.3 is 15.3 Å². The molecule has 0 aliphatic carbocycles. The molecule has 0 bridgehead atoms. The molecule has 3 N–H and O–H groups in total. The van der Waals surface area contributed by atoms with E-state index in [1.54, 1.807) is 14.1 Å². The van der Waals surface area contributed by atoms with Crippen LogP contribution in [0, 0.1) is 0 Å². The van der Waals surface area contributed by atoms with Crippen molar-refractivity contribution in [1.29, 1.82) is 0 Å². The quantitative estimate of drug-likeness (QED) is 0.498. The Morgan fingerprint density at radius 3 is 2.44 bits per heavy atom. The Labute approximate surface area is 92.5 Å². The van der Waals surface area contributed by atoms with Gasteiger partial charge in [-0.25, -0.2) is 15.1 Å². The Hall–Kier alpha value is -1.83. The van der Waals surface area contributed by atoms with E-state index < -0.39 is 18.6 Å². The lowest BCUT2D eigenvalue weighted by Gasteiger charge is -2.10. The van der Waals surface area contributed by atoms with Crippen molar-refractivity contribution in [3.8, 4) is 0 Å². The van der Waals surface area contributed by atoms with Crippen LogP contribution in [0.2, 0.25) is 0 Å². The molecule has 0 aliphatic heterocycles. The molecule has 0 aromatic carbocycles. The van der Waals surface area contributed by atoms with Crippen LogP contribution in [0.25, 0.3) is 0 Å². The van der Waals surface area contributed by atoms with Gasteiger partial charge in [-0.15, -0.1) is 0 Å². The van der Waals surface area contributed by atoms with Gasteiger partial charge in [0.25, 0.3) is 0 Å². The summed E-state index contributed by atoms with van der Waals surface area (Å²) in [6, 6.07) is -0.687. The molecular weight excluding hydrogens is 218 g/mol. The van der Waals surface area contributed by atoms with Gasteiger partial charge in [0, 0.05) is 27.1 Å². The van der Waals surface area contributed by atoms with Crippen molar-refractivity contribution in [3.05, 3.63) is 0 Å². The fourth-order valence-electron chi connectivity index (χ4n) is 0.706. The number of urea groups is 1. The maximum absolute atomic E-state index is 11.1. The standard InChI is InChI=1S/C8H15N3O5/c1-11(2)6(12)3-4-9-8(15)10-16-5-7(13)14/h3-5H2,1-2H3,(H,13,14)(H2,9,10,15). The maximum atomic E-state index is 11.1. The van der Waals surface area contributed by atoms with E-state index in [4.69, 9.17) is 5.11 Å². The van der Waals surface area contributed by atoms with Crippen molar-refractivity contribution in [1.82, 2.24) is 15.7 Å². The number of nitrogens with zero attached hydrogens (tertiary/aromatic N) is 1. The van der Waals surface area contributed by atoms with Crippen LogP contribution in [0.1, 0.15) is 6.42 Å². The number of aliphatic carboxylic acids is 1. The first-order valence-electron chi connectivity index (χ1n) is 4.51. The highest BCUT2D eigenvalue weighted by atomic mass is 16.7. The van der Waals surface area contributed by atoms with Gasteiger partial charge in [0.15, 0.2) is 6.61 Å². The third-order valence-electron chi connectivity index (χ3n) is 1.48. The van der Waals surface area contributed by atoms with Gasteiger partial charge in [0.05, 0.1) is 0 Å². The first kappa shape index (κ1) is 14.2. The fourth-order valence-corrected chi connectivity index (χ4v) is 0.706. The summed E-state index contributed by atoms with van der Waals surface area (Å²) in [5, 5.41) is 10.5. The Kier molecular flexibility index (Phi) is 6.61. The van der Waals surface area contributed by atoms with Crippen LogP contribution in [-0.4, -0.2) is 55.2 Å². The first-order valence-corrected chi connectivity index (χ1v) is 4.51. The highest BCUT2D eigenvalue weighted by Crippen LogP contribution is 1.84. The van der Waals surface area contributed by atoms with E-state index in [2.05, 4.69) is 10.2 Å². The Morgan fingerprint density at radius 2 is 1.94 bits per heavy atom. The van der Waals surface area contributed by atoms with Crippen LogP contribution in [0.4, 0.5) is 4.79 Å². The zero-order chi connectivity index (χ0) is 12.6. The number of carbonyl (C=O) groups excluding carboxylic acids is 2. The minimum Gasteiger partial charge on any atom is -0.479 e. The van der Waals surface area contributed by atoms with E-state index in [-0.39, 0.29) is 18.9 Å². The van der Waals surface area contributed by atoms with Gasteiger partial charge in [-0.05, 0) is 0 Å². The Morgan fingerprint density at radius 1 is 1.31 bits per heavy atom. The Balaban J connectivity index is 3.51. The second kappa shape index (κ2) is 7.46. The lowest BCUT2D eigenvalue weighted by Crippen LogP contribution is -2.38. The predicted octanol–water partition coefficient (Wildman–Crippen LogP) is -1.22. The van der Waals surface area contributed by atoms with Crippen LogP contribution < -0.4 is 10.8 Å². The molecule has 0 aliphatic rings. The molecule has 3 amide bonds. The number of hydrogen-bond acceptors (Lipinski definition) is 4. The van der Waals surface area contributed by atoms with Crippen molar-refractivity contribution in [2.24, 2.45) is 0 Å². The molecule has 0 saturated heterocycles. The lowest BCUT2D eigenvalue weighted by molar-refractivity contribution is -0.144. The number of carbonyl (C=O) groups is 3. The molecule has 92 valence electrons. The van der Waals surface area contributed by atoms with Crippen LogP contribution in [0.3, 0.4) is 0 Å². The van der Waals surface area contributed by atoms with Crippen LogP contribution in [0.15, 0.2) is 0 Å². The smallest absolute Gasteiger partial charge is 0.338 e. The van der Waals surface area contributed by atoms with Gasteiger partial charge in [0.2, 0.25) is 5.91 Å². The van der Waals surface area contributed by atoms with Gasteiger partial charge in [-0.3, -0.25) is 9.63 Å². The molecule has 0 heterocycles. The van der Waals surface area contributed by atoms with E-state index in [0.29, 0.717) is 0 Å². The molecule has 0 aromatic rings. The second-order valence-electron chi connectivity index (χ2n) is 3.08. The molecule has 0 fully saturated rings. The molecule has 0 aromatic heterocycles. The molecule has 0 radical (unpaired) electrons. The summed E-state index contributed by atoms with van der Waals surface area (Å²) in [5.41, 5.74) is 1.86. The fraction of sp³-hybridized carbons (Fsp3) is 0.625. The number of rotatable bonds is 6. The molecule has 0 saturated carbocycles. The van der Waals surface area contributed by atoms with Crippen molar-refractivity contribution >= 4 is 17.9 Å². The maximum Gasteiger partial charge on any atom is 0.338 e. The third-order valence-corrected chi connectivity index (χ3v) is 1.48. The normalized spacial score (nSPS) is 9.38. The van der Waals surface area contributed by atoms with Crippen LogP contribution in [0.5, 0.6) is 0 Å². The average Bonchev–Trinajstić information content (AvgIpc) is 2.16. The van der Waals surface area contributed by atoms with Gasteiger partial charge in [0.1, 0.15) is 0 Å². The summed E-state index contributed by atoms with van der Waals surface area (Å²) in [5.74, 6) is -1.31. The molecule has 16 heavy (non-hydrogen) atoms. The van der Waals surface area contributed by atoms with E-state index in [1.807, 2.05) is 5.48 Å². The zero-order valence-electron chi connectivity index (χ0n) is 9.15. The van der Waals surface area contributed by atoms with Crippen molar-refractivity contribution in [2.75, 3.05) is 27.2 Å². The van der Waals surface area contributed by atoms with Gasteiger partial charge >= 0.3 is 12.0 Å². The lowest BCUT2D eigenvalue weighted by atomic mass is 10.4. The van der Waals surface area contributed by atoms with Crippen molar-refractivity contribution < 1.29 is 24.3 Å². The molecule has 0 rings (SSSR count). The number of nitrogens with one attached hydrogen (secondary N) is 2. The summed E-state index contributed by atoms with van der Waals surface area (Å²) in [7, 11) is 3.22. The minimum atomic E-state index is -1.19. The summed E-state index contributed by atoms with van der Waals surface area (Å²) in [6.45, 7) is -0.469. The van der Waals surface area contributed by atoms with E-state index >= 15 is 0 Å². The first-order chi connectivity index (χ1) is 7.43. The number of hydroxylamine groups is 1. The third kappa shape index (κ3) is 7.56. The number of hydrogen-bond donors (Lipinski definition) is 3. The van der Waals surface area contributed by atoms with Gasteiger partial charge in [-0.1, -0.05) is 0 Å². The molecule has 8 nitrogen and oxygen atoms in total. The van der Waals surface area contributed by atoms with Crippen molar-refractivity contribution in [3.63, 3.8) is 0 Å². The van der Waals surface area contributed by atoms with Crippen LogP contribution in [-0.2, 0) is 14.4 Å². The number of carboxylic acid groups (broad SMARTS) is 1. The predicted molar refractivity (Wildman–Crippen MR) is 53.4 cm³/mol. The van der Waals surface area contributed by atoms with Gasteiger partial charge in [-0.2, -0.15) is 0 Å². The molecule has 8 heteroatoms. The van der Waals surface area contributed by atoms with Crippen LogP contribution >= 0.6 is 0 Å². The van der Waals surface area contributed by atoms with Crippen molar-refractivity contribution in [2.45, 2.75) is 6.42 Å². The monoisotopic (exact) mass is 233 g/mol. The molecular formula is C8H15N3O5. The van der Waals surface area contributed by atoms with E-state index in [0.717, 1.165) is 0 Å².